The first-order chi connectivity index (χ1) is 23.6. The van der Waals surface area contributed by atoms with Gasteiger partial charge in [0, 0.05) is 24.2 Å². The number of rotatable bonds is 26. The fourth-order valence-corrected chi connectivity index (χ4v) is 6.71. The van der Waals surface area contributed by atoms with Crippen LogP contribution in [0.25, 0.3) is 0 Å². The first kappa shape index (κ1) is 39.4. The van der Waals surface area contributed by atoms with Gasteiger partial charge in [0.05, 0.1) is 13.2 Å². The second-order valence-corrected chi connectivity index (χ2v) is 14.0. The molecule has 0 saturated heterocycles. The SMILES string of the molecule is CCCCCCCCCCOc1ccc(C(=O)NC[C@H]2CCC[C@@H](CNC(=O)c3ccc(OCCCCCCCCCC)cc3)C2)cc1. The maximum absolute atomic E-state index is 12.8. The van der Waals surface area contributed by atoms with Gasteiger partial charge >= 0.3 is 0 Å². The van der Waals surface area contributed by atoms with Crippen LogP contribution in [0.15, 0.2) is 48.5 Å². The Morgan fingerprint density at radius 2 is 0.896 bits per heavy atom. The fraction of sp³-hybridized carbons (Fsp3) is 0.667. The van der Waals surface area contributed by atoms with Crippen LogP contribution in [0.1, 0.15) is 163 Å². The molecule has 0 aliphatic heterocycles. The van der Waals surface area contributed by atoms with Gasteiger partial charge in [-0.2, -0.15) is 0 Å². The first-order valence-corrected chi connectivity index (χ1v) is 19.6. The zero-order valence-corrected chi connectivity index (χ0v) is 30.4. The molecule has 2 aromatic carbocycles. The molecule has 6 nitrogen and oxygen atoms in total. The molecule has 0 heterocycles. The third-order valence-electron chi connectivity index (χ3n) is 9.76. The van der Waals surface area contributed by atoms with Gasteiger partial charge in [0.1, 0.15) is 11.5 Å². The molecule has 0 radical (unpaired) electrons. The Morgan fingerprint density at radius 1 is 0.542 bits per heavy atom. The highest BCUT2D eigenvalue weighted by atomic mass is 16.5. The van der Waals surface area contributed by atoms with Crippen molar-refractivity contribution in [1.29, 1.82) is 0 Å². The van der Waals surface area contributed by atoms with E-state index in [1.54, 1.807) is 0 Å². The second-order valence-electron chi connectivity index (χ2n) is 14.0. The summed E-state index contributed by atoms with van der Waals surface area (Å²) in [5.74, 6) is 2.43. The Hall–Kier alpha value is -3.02. The van der Waals surface area contributed by atoms with Crippen molar-refractivity contribution in [3.63, 3.8) is 0 Å². The molecule has 1 fully saturated rings. The van der Waals surface area contributed by atoms with Crippen LogP contribution in [0.3, 0.4) is 0 Å². The second kappa shape index (κ2) is 25.0. The number of amides is 2. The summed E-state index contributed by atoms with van der Waals surface area (Å²) < 4.78 is 11.8. The number of ether oxygens (including phenoxy) is 2. The van der Waals surface area contributed by atoms with Crippen molar-refractivity contribution in [1.82, 2.24) is 10.6 Å². The monoisotopic (exact) mass is 663 g/mol. The summed E-state index contributed by atoms with van der Waals surface area (Å²) in [5.41, 5.74) is 1.33. The minimum absolute atomic E-state index is 0.0368. The summed E-state index contributed by atoms with van der Waals surface area (Å²) in [4.78, 5) is 25.7. The molecule has 2 atom stereocenters. The predicted molar refractivity (Wildman–Crippen MR) is 199 cm³/mol. The van der Waals surface area contributed by atoms with Gasteiger partial charge in [-0.1, -0.05) is 110 Å². The predicted octanol–water partition coefficient (Wildman–Crippen LogP) is 10.7. The van der Waals surface area contributed by atoms with Crippen molar-refractivity contribution in [2.24, 2.45) is 11.8 Å². The largest absolute Gasteiger partial charge is 0.494 e. The Kier molecular flexibility index (Phi) is 20.5. The lowest BCUT2D eigenvalue weighted by Gasteiger charge is -2.29. The van der Waals surface area contributed by atoms with Crippen molar-refractivity contribution >= 4 is 11.8 Å². The summed E-state index contributed by atoms with van der Waals surface area (Å²) in [6, 6.07) is 15.0. The zero-order chi connectivity index (χ0) is 34.1. The van der Waals surface area contributed by atoms with Crippen molar-refractivity contribution in [3.05, 3.63) is 59.7 Å². The van der Waals surface area contributed by atoms with Crippen LogP contribution in [-0.4, -0.2) is 38.1 Å². The summed E-state index contributed by atoms with van der Waals surface area (Å²) >= 11 is 0. The standard InChI is InChI=1S/C42H66N2O4/c1-3-5-7-9-11-13-15-17-30-47-39-26-22-37(23-27-39)41(45)43-33-35-20-19-21-36(32-35)34-44-42(46)38-24-28-40(29-25-38)48-31-18-16-14-12-10-8-6-4-2/h22-29,35-36H,3-21,30-34H2,1-2H3,(H,43,45)(H,44,46)/t35-,36+. The van der Waals surface area contributed by atoms with E-state index in [1.165, 1.54) is 89.9 Å². The minimum atomic E-state index is -0.0368. The molecule has 6 heteroatoms. The highest BCUT2D eigenvalue weighted by Crippen LogP contribution is 2.28. The lowest BCUT2D eigenvalue weighted by molar-refractivity contribution is 0.0935. The van der Waals surface area contributed by atoms with Gasteiger partial charge in [0.15, 0.2) is 0 Å². The smallest absolute Gasteiger partial charge is 0.251 e. The van der Waals surface area contributed by atoms with Gasteiger partial charge in [-0.15, -0.1) is 0 Å². The third-order valence-corrected chi connectivity index (χ3v) is 9.76. The average Bonchev–Trinajstić information content (AvgIpc) is 3.12. The van der Waals surface area contributed by atoms with Crippen LogP contribution in [0, 0.1) is 11.8 Å². The molecule has 0 unspecified atom stereocenters. The number of benzene rings is 2. The molecule has 1 saturated carbocycles. The number of carbonyl (C=O) groups excluding carboxylic acids is 2. The van der Waals surface area contributed by atoms with E-state index in [0.29, 0.717) is 36.1 Å². The number of hydrogen-bond donors (Lipinski definition) is 2. The van der Waals surface area contributed by atoms with Gasteiger partial charge in [-0.25, -0.2) is 0 Å². The molecule has 0 spiro atoms. The number of hydrogen-bond acceptors (Lipinski definition) is 4. The molecule has 0 bridgehead atoms. The normalized spacial score (nSPS) is 16.0. The fourth-order valence-electron chi connectivity index (χ4n) is 6.71. The quantitative estimate of drug-likeness (QED) is 0.0983. The number of nitrogens with one attached hydrogen (secondary N) is 2. The maximum atomic E-state index is 12.8. The van der Waals surface area contributed by atoms with E-state index in [-0.39, 0.29) is 11.8 Å². The number of unbranched alkanes of at least 4 members (excludes halogenated alkanes) is 14. The molecule has 0 aromatic heterocycles. The summed E-state index contributed by atoms with van der Waals surface area (Å²) in [6.07, 6.45) is 24.9. The van der Waals surface area contributed by atoms with Crippen LogP contribution < -0.4 is 20.1 Å². The van der Waals surface area contributed by atoms with Crippen molar-refractivity contribution in [2.75, 3.05) is 26.3 Å². The van der Waals surface area contributed by atoms with Crippen LogP contribution >= 0.6 is 0 Å². The van der Waals surface area contributed by atoms with E-state index in [1.807, 2.05) is 48.5 Å². The van der Waals surface area contributed by atoms with Crippen LogP contribution in [0.4, 0.5) is 0 Å². The molecular formula is C42H66N2O4. The van der Waals surface area contributed by atoms with E-state index in [4.69, 9.17) is 9.47 Å². The molecule has 2 amide bonds. The summed E-state index contributed by atoms with van der Waals surface area (Å²) in [6.45, 7) is 7.30. The van der Waals surface area contributed by atoms with Crippen molar-refractivity contribution < 1.29 is 19.1 Å². The van der Waals surface area contributed by atoms with E-state index < -0.39 is 0 Å². The van der Waals surface area contributed by atoms with E-state index >= 15 is 0 Å². The van der Waals surface area contributed by atoms with Gasteiger partial charge in [0.2, 0.25) is 0 Å². The van der Waals surface area contributed by atoms with E-state index in [2.05, 4.69) is 24.5 Å². The zero-order valence-electron chi connectivity index (χ0n) is 30.4. The van der Waals surface area contributed by atoms with Crippen molar-refractivity contribution in [2.45, 2.75) is 142 Å². The molecular weight excluding hydrogens is 596 g/mol. The molecule has 1 aliphatic carbocycles. The topological polar surface area (TPSA) is 76.7 Å². The van der Waals surface area contributed by atoms with Crippen LogP contribution in [0.2, 0.25) is 0 Å². The summed E-state index contributed by atoms with van der Waals surface area (Å²) in [7, 11) is 0. The van der Waals surface area contributed by atoms with E-state index in [9.17, 15) is 9.59 Å². The Bertz CT molecular complexity index is 1030. The molecule has 1 aliphatic rings. The number of carbonyl (C=O) groups is 2. The summed E-state index contributed by atoms with van der Waals surface area (Å²) in [5, 5.41) is 6.29. The highest BCUT2D eigenvalue weighted by Gasteiger charge is 2.23. The molecule has 2 N–H and O–H groups in total. The lowest BCUT2D eigenvalue weighted by atomic mass is 9.81. The van der Waals surface area contributed by atoms with Crippen molar-refractivity contribution in [3.8, 4) is 11.5 Å². The van der Waals surface area contributed by atoms with Gasteiger partial charge < -0.3 is 20.1 Å². The molecule has 48 heavy (non-hydrogen) atoms. The van der Waals surface area contributed by atoms with Gasteiger partial charge in [-0.05, 0) is 92.5 Å². The highest BCUT2D eigenvalue weighted by molar-refractivity contribution is 5.94. The molecule has 3 rings (SSSR count). The molecule has 268 valence electrons. The Balaban J connectivity index is 1.25. The van der Waals surface area contributed by atoms with Gasteiger partial charge in [-0.3, -0.25) is 9.59 Å². The van der Waals surface area contributed by atoms with E-state index in [0.717, 1.165) is 63.2 Å². The Morgan fingerprint density at radius 3 is 1.27 bits per heavy atom. The van der Waals surface area contributed by atoms with Gasteiger partial charge in [0.25, 0.3) is 11.8 Å². The third kappa shape index (κ3) is 16.9. The van der Waals surface area contributed by atoms with Crippen LogP contribution in [-0.2, 0) is 0 Å². The lowest BCUT2D eigenvalue weighted by Crippen LogP contribution is -2.35. The average molecular weight is 663 g/mol. The van der Waals surface area contributed by atoms with Crippen LogP contribution in [0.5, 0.6) is 11.5 Å². The maximum Gasteiger partial charge on any atom is 0.251 e. The Labute approximate surface area is 292 Å². The minimum Gasteiger partial charge on any atom is -0.494 e. The first-order valence-electron chi connectivity index (χ1n) is 19.6. The molecule has 2 aromatic rings.